The SMILES string of the molecule is NCC1(O)CCn2c(C3CC3)nc(Cl)c2C1. The Hall–Kier alpha value is -0.580. The van der Waals surface area contributed by atoms with E-state index in [1.165, 1.54) is 12.8 Å². The Kier molecular flexibility index (Phi) is 2.28. The molecule has 4 nitrogen and oxygen atoms in total. The summed E-state index contributed by atoms with van der Waals surface area (Å²) < 4.78 is 2.18. The number of rotatable bonds is 2. The number of hydrogen-bond donors (Lipinski definition) is 2. The molecule has 1 aromatic rings. The number of nitrogens with two attached hydrogens (primary N) is 1. The minimum absolute atomic E-state index is 0.285. The molecule has 1 fully saturated rings. The number of halogens is 1. The van der Waals surface area contributed by atoms with Crippen molar-refractivity contribution in [1.29, 1.82) is 0 Å². The highest BCUT2D eigenvalue weighted by atomic mass is 35.5. The van der Waals surface area contributed by atoms with E-state index in [0.717, 1.165) is 18.1 Å². The van der Waals surface area contributed by atoms with E-state index in [-0.39, 0.29) is 6.54 Å². The van der Waals surface area contributed by atoms with Crippen molar-refractivity contribution in [3.63, 3.8) is 0 Å². The van der Waals surface area contributed by atoms with E-state index in [1.54, 1.807) is 0 Å². The lowest BCUT2D eigenvalue weighted by Crippen LogP contribution is -2.44. The summed E-state index contributed by atoms with van der Waals surface area (Å²) in [7, 11) is 0. The average molecular weight is 242 g/mol. The van der Waals surface area contributed by atoms with Gasteiger partial charge >= 0.3 is 0 Å². The van der Waals surface area contributed by atoms with Crippen LogP contribution < -0.4 is 5.73 Å². The second kappa shape index (κ2) is 3.45. The van der Waals surface area contributed by atoms with Crippen molar-refractivity contribution < 1.29 is 5.11 Å². The molecule has 0 amide bonds. The van der Waals surface area contributed by atoms with Gasteiger partial charge in [0.25, 0.3) is 0 Å². The Bertz CT molecular complexity index is 427. The molecule has 1 aromatic heterocycles. The van der Waals surface area contributed by atoms with Crippen molar-refractivity contribution >= 4 is 11.6 Å². The average Bonchev–Trinajstić information content (AvgIpc) is 3.06. The molecule has 88 valence electrons. The molecule has 0 saturated heterocycles. The fourth-order valence-electron chi connectivity index (χ4n) is 2.44. The van der Waals surface area contributed by atoms with Gasteiger partial charge in [-0.3, -0.25) is 0 Å². The summed E-state index contributed by atoms with van der Waals surface area (Å²) in [4.78, 5) is 4.43. The molecule has 2 heterocycles. The molecule has 0 aromatic carbocycles. The topological polar surface area (TPSA) is 64.1 Å². The molecule has 1 saturated carbocycles. The van der Waals surface area contributed by atoms with E-state index in [0.29, 0.717) is 23.9 Å². The van der Waals surface area contributed by atoms with Crippen LogP contribution in [0.2, 0.25) is 5.15 Å². The highest BCUT2D eigenvalue weighted by Crippen LogP contribution is 2.42. The van der Waals surface area contributed by atoms with Crippen molar-refractivity contribution in [3.05, 3.63) is 16.7 Å². The Balaban J connectivity index is 1.99. The standard InChI is InChI=1S/C11H16ClN3O/c12-9-8-5-11(16,6-13)3-4-15(8)10(14-9)7-1-2-7/h7,16H,1-6,13H2. The molecule has 3 rings (SSSR count). The molecule has 5 heteroatoms. The Morgan fingerprint density at radius 2 is 2.31 bits per heavy atom. The van der Waals surface area contributed by atoms with Crippen LogP contribution in [0.1, 0.15) is 36.7 Å². The third-order valence-electron chi connectivity index (χ3n) is 3.67. The van der Waals surface area contributed by atoms with Gasteiger partial charge in [0.05, 0.1) is 11.3 Å². The minimum atomic E-state index is -0.791. The molecule has 3 N–H and O–H groups in total. The lowest BCUT2D eigenvalue weighted by atomic mass is 9.91. The predicted octanol–water partition coefficient (Wildman–Crippen LogP) is 1.05. The molecule has 1 unspecified atom stereocenters. The summed E-state index contributed by atoms with van der Waals surface area (Å²) >= 11 is 6.14. The van der Waals surface area contributed by atoms with Crippen LogP contribution in [0.15, 0.2) is 0 Å². The molecule has 1 aliphatic carbocycles. The first-order valence-electron chi connectivity index (χ1n) is 5.80. The van der Waals surface area contributed by atoms with Gasteiger partial charge < -0.3 is 15.4 Å². The van der Waals surface area contributed by atoms with Crippen LogP contribution in [-0.2, 0) is 13.0 Å². The van der Waals surface area contributed by atoms with Crippen molar-refractivity contribution in [2.24, 2.45) is 5.73 Å². The molecule has 1 atom stereocenters. The molecular formula is C11H16ClN3O. The van der Waals surface area contributed by atoms with Crippen LogP contribution in [0.25, 0.3) is 0 Å². The molecule has 1 aliphatic heterocycles. The zero-order chi connectivity index (χ0) is 11.3. The van der Waals surface area contributed by atoms with Crippen LogP contribution in [0.5, 0.6) is 0 Å². The van der Waals surface area contributed by atoms with Crippen LogP contribution in [0.4, 0.5) is 0 Å². The number of aliphatic hydroxyl groups is 1. The summed E-state index contributed by atoms with van der Waals surface area (Å²) in [6.07, 6.45) is 3.66. The summed E-state index contributed by atoms with van der Waals surface area (Å²) in [6, 6.07) is 0. The summed E-state index contributed by atoms with van der Waals surface area (Å²) in [5.41, 5.74) is 5.77. The van der Waals surface area contributed by atoms with Gasteiger partial charge in [-0.1, -0.05) is 11.6 Å². The predicted molar refractivity (Wildman–Crippen MR) is 61.5 cm³/mol. The van der Waals surface area contributed by atoms with Crippen LogP contribution >= 0.6 is 11.6 Å². The maximum Gasteiger partial charge on any atom is 0.150 e. The summed E-state index contributed by atoms with van der Waals surface area (Å²) in [5.74, 6) is 1.70. The lowest BCUT2D eigenvalue weighted by molar-refractivity contribution is 0.0238. The third-order valence-corrected chi connectivity index (χ3v) is 3.98. The smallest absolute Gasteiger partial charge is 0.150 e. The molecular weight excluding hydrogens is 226 g/mol. The number of hydrogen-bond acceptors (Lipinski definition) is 3. The second-order valence-electron chi connectivity index (χ2n) is 4.99. The van der Waals surface area contributed by atoms with Crippen molar-refractivity contribution in [1.82, 2.24) is 9.55 Å². The Labute approximate surface area is 99.4 Å². The lowest BCUT2D eigenvalue weighted by Gasteiger charge is -2.32. The van der Waals surface area contributed by atoms with Crippen molar-refractivity contribution in [2.45, 2.75) is 43.7 Å². The van der Waals surface area contributed by atoms with E-state index in [2.05, 4.69) is 9.55 Å². The van der Waals surface area contributed by atoms with E-state index < -0.39 is 5.60 Å². The maximum atomic E-state index is 10.2. The van der Waals surface area contributed by atoms with Gasteiger partial charge in [0, 0.05) is 25.4 Å². The van der Waals surface area contributed by atoms with Crippen molar-refractivity contribution in [3.8, 4) is 0 Å². The van der Waals surface area contributed by atoms with Gasteiger partial charge in [0.1, 0.15) is 5.82 Å². The van der Waals surface area contributed by atoms with Gasteiger partial charge in [0.15, 0.2) is 5.15 Å². The van der Waals surface area contributed by atoms with Crippen molar-refractivity contribution in [2.75, 3.05) is 6.54 Å². The van der Waals surface area contributed by atoms with Crippen LogP contribution in [-0.4, -0.2) is 26.8 Å². The second-order valence-corrected chi connectivity index (χ2v) is 5.35. The third kappa shape index (κ3) is 1.56. The van der Waals surface area contributed by atoms with E-state index in [4.69, 9.17) is 17.3 Å². The van der Waals surface area contributed by atoms with Gasteiger partial charge in [-0.15, -0.1) is 0 Å². The summed E-state index contributed by atoms with van der Waals surface area (Å²) in [5, 5.41) is 10.7. The fourth-order valence-corrected chi connectivity index (χ4v) is 2.70. The Morgan fingerprint density at radius 3 is 2.94 bits per heavy atom. The molecule has 2 aliphatic rings. The van der Waals surface area contributed by atoms with Gasteiger partial charge in [-0.2, -0.15) is 0 Å². The van der Waals surface area contributed by atoms with E-state index in [1.807, 2.05) is 0 Å². The first-order chi connectivity index (χ1) is 7.63. The first kappa shape index (κ1) is 10.6. The highest BCUT2D eigenvalue weighted by Gasteiger charge is 2.37. The monoisotopic (exact) mass is 241 g/mol. The summed E-state index contributed by atoms with van der Waals surface area (Å²) in [6.45, 7) is 1.07. The number of fused-ring (bicyclic) bond motifs is 1. The van der Waals surface area contributed by atoms with Gasteiger partial charge in [-0.05, 0) is 19.3 Å². The largest absolute Gasteiger partial charge is 0.388 e. The zero-order valence-corrected chi connectivity index (χ0v) is 9.87. The molecule has 16 heavy (non-hydrogen) atoms. The number of imidazole rings is 1. The Morgan fingerprint density at radius 1 is 1.56 bits per heavy atom. The van der Waals surface area contributed by atoms with E-state index in [9.17, 15) is 5.11 Å². The normalized spacial score (nSPS) is 29.2. The zero-order valence-electron chi connectivity index (χ0n) is 9.12. The maximum absolute atomic E-state index is 10.2. The highest BCUT2D eigenvalue weighted by molar-refractivity contribution is 6.30. The first-order valence-corrected chi connectivity index (χ1v) is 6.18. The van der Waals surface area contributed by atoms with Gasteiger partial charge in [-0.25, -0.2) is 4.98 Å². The molecule has 0 radical (unpaired) electrons. The number of aromatic nitrogens is 2. The molecule has 0 bridgehead atoms. The fraction of sp³-hybridized carbons (Fsp3) is 0.727. The minimum Gasteiger partial charge on any atom is -0.388 e. The number of nitrogens with zero attached hydrogens (tertiary/aromatic N) is 2. The molecule has 0 spiro atoms. The van der Waals surface area contributed by atoms with Crippen LogP contribution in [0, 0.1) is 0 Å². The van der Waals surface area contributed by atoms with E-state index >= 15 is 0 Å². The van der Waals surface area contributed by atoms with Crippen LogP contribution in [0.3, 0.4) is 0 Å². The van der Waals surface area contributed by atoms with Gasteiger partial charge in [0.2, 0.25) is 0 Å². The quantitative estimate of drug-likeness (QED) is 0.814.